The molecule has 0 aromatic rings. The van der Waals surface area contributed by atoms with E-state index >= 15 is 0 Å². The minimum Gasteiger partial charge on any atom is -0.446 e. The van der Waals surface area contributed by atoms with E-state index in [2.05, 4.69) is 34.6 Å². The SMILES string of the molecule is CC(C)CCC[C@@H](C)[C@H]1CC[C@H]2[C@@H]3C[C@@H](O)[C@H]4C[C@@H](OC(=O)N(CCO)CCO)CC[C@]4(C)[C@H]3CC[C@]12C. The topological polar surface area (TPSA) is 90.2 Å². The first-order valence-corrected chi connectivity index (χ1v) is 15.9. The Bertz CT molecular complexity index is 784. The van der Waals surface area contributed by atoms with Crippen molar-refractivity contribution in [2.24, 2.45) is 52.3 Å². The van der Waals surface area contributed by atoms with E-state index in [-0.39, 0.29) is 49.8 Å². The van der Waals surface area contributed by atoms with Gasteiger partial charge in [-0.3, -0.25) is 0 Å². The summed E-state index contributed by atoms with van der Waals surface area (Å²) >= 11 is 0. The van der Waals surface area contributed by atoms with Crippen molar-refractivity contribution in [2.45, 2.75) is 117 Å². The summed E-state index contributed by atoms with van der Waals surface area (Å²) in [5, 5.41) is 30.1. The molecule has 4 saturated carbocycles. The molecule has 0 aromatic carbocycles. The van der Waals surface area contributed by atoms with Crippen LogP contribution in [0.2, 0.25) is 0 Å². The van der Waals surface area contributed by atoms with Crippen LogP contribution in [-0.4, -0.2) is 64.8 Å². The van der Waals surface area contributed by atoms with Crippen molar-refractivity contribution in [2.75, 3.05) is 26.3 Å². The largest absolute Gasteiger partial charge is 0.446 e. The van der Waals surface area contributed by atoms with Crippen LogP contribution in [0.1, 0.15) is 105 Å². The molecule has 4 fully saturated rings. The van der Waals surface area contributed by atoms with Crippen molar-refractivity contribution in [3.63, 3.8) is 0 Å². The number of ether oxygens (including phenoxy) is 1. The van der Waals surface area contributed by atoms with E-state index in [9.17, 15) is 20.1 Å². The van der Waals surface area contributed by atoms with Crippen LogP contribution in [0.3, 0.4) is 0 Å². The average Bonchev–Trinajstić information content (AvgIpc) is 3.22. The molecular weight excluding hydrogens is 478 g/mol. The molecule has 0 aliphatic heterocycles. The lowest BCUT2D eigenvalue weighted by molar-refractivity contribution is -0.173. The molecule has 10 atom stereocenters. The third kappa shape index (κ3) is 5.79. The van der Waals surface area contributed by atoms with Crippen LogP contribution in [0, 0.1) is 52.3 Å². The fraction of sp³-hybridized carbons (Fsp3) is 0.969. The van der Waals surface area contributed by atoms with Gasteiger partial charge in [0.2, 0.25) is 0 Å². The van der Waals surface area contributed by atoms with Gasteiger partial charge in [-0.2, -0.15) is 0 Å². The first kappa shape index (κ1) is 30.1. The number of carbonyl (C=O) groups is 1. The molecular formula is C32H57NO5. The van der Waals surface area contributed by atoms with E-state index in [1.54, 1.807) is 0 Å². The zero-order valence-electron chi connectivity index (χ0n) is 24.9. The second kappa shape index (κ2) is 12.3. The molecule has 0 heterocycles. The Kier molecular flexibility index (Phi) is 9.78. The Morgan fingerprint density at radius 3 is 2.21 bits per heavy atom. The molecule has 220 valence electrons. The second-order valence-electron chi connectivity index (χ2n) is 14.5. The number of nitrogens with zero attached hydrogens (tertiary/aromatic N) is 1. The number of aliphatic hydroxyl groups excluding tert-OH is 3. The fourth-order valence-electron chi connectivity index (χ4n) is 10.1. The fourth-order valence-corrected chi connectivity index (χ4v) is 10.1. The summed E-state index contributed by atoms with van der Waals surface area (Å²) < 4.78 is 5.86. The summed E-state index contributed by atoms with van der Waals surface area (Å²) in [5.41, 5.74) is 0.514. The maximum atomic E-state index is 12.7. The molecule has 3 N–H and O–H groups in total. The molecule has 6 heteroatoms. The van der Waals surface area contributed by atoms with Crippen molar-refractivity contribution in [1.82, 2.24) is 4.90 Å². The minimum atomic E-state index is -0.460. The lowest BCUT2D eigenvalue weighted by Gasteiger charge is -2.62. The Balaban J connectivity index is 1.41. The van der Waals surface area contributed by atoms with Gasteiger partial charge >= 0.3 is 6.09 Å². The second-order valence-corrected chi connectivity index (χ2v) is 14.5. The van der Waals surface area contributed by atoms with Crippen LogP contribution in [0.4, 0.5) is 4.79 Å². The normalized spacial score (nSPS) is 41.2. The Hall–Kier alpha value is -0.850. The Labute approximate surface area is 231 Å². The smallest absolute Gasteiger partial charge is 0.410 e. The summed E-state index contributed by atoms with van der Waals surface area (Å²) in [6.45, 7) is 12.2. The number of hydrogen-bond donors (Lipinski definition) is 3. The number of fused-ring (bicyclic) bond motifs is 5. The van der Waals surface area contributed by atoms with Gasteiger partial charge in [-0.05, 0) is 104 Å². The van der Waals surface area contributed by atoms with Gasteiger partial charge in [-0.1, -0.05) is 53.9 Å². The van der Waals surface area contributed by atoms with E-state index in [1.165, 1.54) is 49.8 Å². The van der Waals surface area contributed by atoms with Crippen LogP contribution < -0.4 is 0 Å². The lowest BCUT2D eigenvalue weighted by Crippen LogP contribution is -2.58. The molecule has 6 nitrogen and oxygen atoms in total. The molecule has 0 spiro atoms. The molecule has 0 bridgehead atoms. The summed E-state index contributed by atoms with van der Waals surface area (Å²) in [5.74, 6) is 4.56. The van der Waals surface area contributed by atoms with Crippen molar-refractivity contribution < 1.29 is 24.9 Å². The predicted octanol–water partition coefficient (Wildman–Crippen LogP) is 5.87. The monoisotopic (exact) mass is 535 g/mol. The quantitative estimate of drug-likeness (QED) is 0.325. The molecule has 0 saturated heterocycles. The van der Waals surface area contributed by atoms with Gasteiger partial charge in [0.15, 0.2) is 0 Å². The number of hydrogen-bond acceptors (Lipinski definition) is 5. The summed E-state index contributed by atoms with van der Waals surface area (Å²) in [4.78, 5) is 14.1. The van der Waals surface area contributed by atoms with Gasteiger partial charge in [-0.25, -0.2) is 4.79 Å². The van der Waals surface area contributed by atoms with Crippen molar-refractivity contribution in [3.8, 4) is 0 Å². The number of carbonyl (C=O) groups excluding carboxylic acids is 1. The molecule has 4 rings (SSSR count). The maximum absolute atomic E-state index is 12.7. The maximum Gasteiger partial charge on any atom is 0.410 e. The highest BCUT2D eigenvalue weighted by molar-refractivity contribution is 5.67. The van der Waals surface area contributed by atoms with Crippen LogP contribution in [0.25, 0.3) is 0 Å². The van der Waals surface area contributed by atoms with E-state index in [0.29, 0.717) is 17.3 Å². The van der Waals surface area contributed by atoms with Crippen LogP contribution in [0.15, 0.2) is 0 Å². The van der Waals surface area contributed by atoms with E-state index in [0.717, 1.165) is 49.4 Å². The van der Waals surface area contributed by atoms with E-state index in [4.69, 9.17) is 4.74 Å². The molecule has 4 aliphatic rings. The summed E-state index contributed by atoms with van der Waals surface area (Å²) in [6, 6.07) is 0. The molecule has 0 aromatic heterocycles. The van der Waals surface area contributed by atoms with E-state index in [1.807, 2.05) is 0 Å². The Morgan fingerprint density at radius 2 is 1.55 bits per heavy atom. The first-order valence-electron chi connectivity index (χ1n) is 15.9. The van der Waals surface area contributed by atoms with Gasteiger partial charge in [0.25, 0.3) is 0 Å². The van der Waals surface area contributed by atoms with Crippen molar-refractivity contribution >= 4 is 6.09 Å². The van der Waals surface area contributed by atoms with Crippen LogP contribution in [-0.2, 0) is 4.74 Å². The number of aliphatic hydroxyl groups is 3. The zero-order valence-corrected chi connectivity index (χ0v) is 24.9. The van der Waals surface area contributed by atoms with E-state index < -0.39 is 6.09 Å². The van der Waals surface area contributed by atoms with Gasteiger partial charge in [-0.15, -0.1) is 0 Å². The third-order valence-electron chi connectivity index (χ3n) is 12.1. The van der Waals surface area contributed by atoms with Crippen molar-refractivity contribution in [3.05, 3.63) is 0 Å². The van der Waals surface area contributed by atoms with Crippen LogP contribution >= 0.6 is 0 Å². The van der Waals surface area contributed by atoms with Crippen LogP contribution in [0.5, 0.6) is 0 Å². The highest BCUT2D eigenvalue weighted by atomic mass is 16.6. The molecule has 38 heavy (non-hydrogen) atoms. The standard InChI is InChI=1S/C32H57NO5/c1-21(2)7-6-8-22(3)25-9-10-26-24-20-29(36)28-19-23(38-30(37)33(15-17-34)16-18-35)11-13-32(28,5)27(24)12-14-31(25,26)4/h21-29,34-36H,6-20H2,1-5H3/t22-,23+,24+,25-,26+,27+,28-,29-,31-,32-/m1/s1. The lowest BCUT2D eigenvalue weighted by atomic mass is 9.43. The van der Waals surface area contributed by atoms with Gasteiger partial charge in [0.1, 0.15) is 6.10 Å². The molecule has 0 radical (unpaired) electrons. The average molecular weight is 536 g/mol. The van der Waals surface area contributed by atoms with Gasteiger partial charge < -0.3 is 25.0 Å². The molecule has 0 unspecified atom stereocenters. The zero-order chi connectivity index (χ0) is 27.7. The minimum absolute atomic E-state index is 0.101. The molecule has 1 amide bonds. The molecule has 4 aliphatic carbocycles. The summed E-state index contributed by atoms with van der Waals surface area (Å²) in [7, 11) is 0. The number of amides is 1. The van der Waals surface area contributed by atoms with Gasteiger partial charge in [0, 0.05) is 13.1 Å². The first-order chi connectivity index (χ1) is 18.0. The third-order valence-corrected chi connectivity index (χ3v) is 12.1. The predicted molar refractivity (Wildman–Crippen MR) is 150 cm³/mol. The Morgan fingerprint density at radius 1 is 0.895 bits per heavy atom. The van der Waals surface area contributed by atoms with Gasteiger partial charge in [0.05, 0.1) is 19.3 Å². The highest BCUT2D eigenvalue weighted by Gasteiger charge is 2.62. The summed E-state index contributed by atoms with van der Waals surface area (Å²) in [6.07, 6.45) is 11.8. The highest BCUT2D eigenvalue weighted by Crippen LogP contribution is 2.68. The van der Waals surface area contributed by atoms with Crippen molar-refractivity contribution in [1.29, 1.82) is 0 Å². The number of rotatable bonds is 10.